The third-order valence-corrected chi connectivity index (χ3v) is 8.51. The number of amides is 1. The molecule has 7 heteroatoms. The highest BCUT2D eigenvalue weighted by atomic mass is 32.1. The standard InChI is InChI=1S/C28H33N5OS/c1-20-8-9-24-22(17-20)18-25(29-24)28(34)33-11-4-5-21(19-33)10-12-31-13-15-32(16-14-31)27-23-6-2-3-7-26(23)35-30-27/h2-3,6-9,17-18,21,29H,4-5,10-16,19H2,1H3/t21-/m0/s1. The Balaban J connectivity index is 1.01. The zero-order valence-corrected chi connectivity index (χ0v) is 21.2. The molecule has 0 aliphatic carbocycles. The molecule has 0 spiro atoms. The summed E-state index contributed by atoms with van der Waals surface area (Å²) < 4.78 is 6.01. The van der Waals surface area contributed by atoms with Gasteiger partial charge in [-0.15, -0.1) is 0 Å². The summed E-state index contributed by atoms with van der Waals surface area (Å²) in [5.74, 6) is 1.88. The van der Waals surface area contributed by atoms with E-state index < -0.39 is 0 Å². The molecule has 1 atom stereocenters. The molecule has 2 aromatic carbocycles. The maximum absolute atomic E-state index is 13.2. The fraction of sp³-hybridized carbons (Fsp3) is 0.429. The first kappa shape index (κ1) is 22.6. The highest BCUT2D eigenvalue weighted by molar-refractivity contribution is 7.13. The number of likely N-dealkylation sites (tertiary alicyclic amines) is 1. The number of piperidine rings is 1. The Hall–Kier alpha value is -2.90. The van der Waals surface area contributed by atoms with Crippen LogP contribution in [0.1, 0.15) is 35.3 Å². The molecule has 1 N–H and O–H groups in total. The summed E-state index contributed by atoms with van der Waals surface area (Å²) in [4.78, 5) is 23.7. The molecule has 4 aromatic rings. The predicted octanol–water partition coefficient (Wildman–Crippen LogP) is 5.15. The molecule has 2 aliphatic heterocycles. The highest BCUT2D eigenvalue weighted by Gasteiger charge is 2.27. The molecule has 2 aliphatic rings. The Morgan fingerprint density at radius 1 is 1.09 bits per heavy atom. The molecule has 6 nitrogen and oxygen atoms in total. The number of nitrogens with one attached hydrogen (secondary N) is 1. The monoisotopic (exact) mass is 487 g/mol. The number of H-pyrrole nitrogens is 1. The minimum atomic E-state index is 0.146. The lowest BCUT2D eigenvalue weighted by Crippen LogP contribution is -2.47. The van der Waals surface area contributed by atoms with Gasteiger partial charge in [-0.25, -0.2) is 0 Å². The van der Waals surface area contributed by atoms with E-state index in [4.69, 9.17) is 4.37 Å². The quantitative estimate of drug-likeness (QED) is 0.423. The molecule has 2 aromatic heterocycles. The Labute approximate surface area is 210 Å². The average molecular weight is 488 g/mol. The van der Waals surface area contributed by atoms with Crippen molar-refractivity contribution in [3.63, 3.8) is 0 Å². The number of carbonyl (C=O) groups is 1. The lowest BCUT2D eigenvalue weighted by molar-refractivity contribution is 0.0654. The van der Waals surface area contributed by atoms with E-state index in [1.54, 1.807) is 11.5 Å². The van der Waals surface area contributed by atoms with Gasteiger partial charge in [0.15, 0.2) is 0 Å². The van der Waals surface area contributed by atoms with Gasteiger partial charge in [0.05, 0.1) is 4.70 Å². The zero-order chi connectivity index (χ0) is 23.8. The SMILES string of the molecule is Cc1ccc2[nH]c(C(=O)N3CCC[C@@H](CCN4CCN(c5nsc6ccccc56)CC4)C3)cc2c1. The molecule has 35 heavy (non-hydrogen) atoms. The molecule has 0 radical (unpaired) electrons. The first-order valence-corrected chi connectivity index (χ1v) is 13.6. The first-order valence-electron chi connectivity index (χ1n) is 12.8. The Bertz CT molecular complexity index is 1340. The minimum absolute atomic E-state index is 0.146. The molecular formula is C28H33N5OS. The first-order chi connectivity index (χ1) is 17.1. The van der Waals surface area contributed by atoms with Crippen molar-refractivity contribution in [2.24, 2.45) is 5.92 Å². The van der Waals surface area contributed by atoms with Crippen molar-refractivity contribution in [1.82, 2.24) is 19.2 Å². The summed E-state index contributed by atoms with van der Waals surface area (Å²) in [5.41, 5.74) is 2.98. The van der Waals surface area contributed by atoms with Gasteiger partial charge in [0.25, 0.3) is 5.91 Å². The molecule has 0 unspecified atom stereocenters. The van der Waals surface area contributed by atoms with Crippen LogP contribution in [0.2, 0.25) is 0 Å². The van der Waals surface area contributed by atoms with Crippen molar-refractivity contribution >= 4 is 44.2 Å². The topological polar surface area (TPSA) is 55.5 Å². The van der Waals surface area contributed by atoms with E-state index in [2.05, 4.69) is 69.1 Å². The van der Waals surface area contributed by atoms with Crippen LogP contribution in [0.25, 0.3) is 21.0 Å². The van der Waals surface area contributed by atoms with Gasteiger partial charge in [0, 0.05) is 55.6 Å². The molecule has 6 rings (SSSR count). The summed E-state index contributed by atoms with van der Waals surface area (Å²) in [6.07, 6.45) is 3.48. The van der Waals surface area contributed by atoms with Crippen LogP contribution in [-0.4, -0.2) is 70.9 Å². The van der Waals surface area contributed by atoms with Crippen LogP contribution >= 0.6 is 11.5 Å². The fourth-order valence-corrected chi connectivity index (χ4v) is 6.47. The van der Waals surface area contributed by atoms with Gasteiger partial charge in [0.1, 0.15) is 11.5 Å². The lowest BCUT2D eigenvalue weighted by Gasteiger charge is -2.37. The van der Waals surface area contributed by atoms with Crippen molar-refractivity contribution in [3.05, 3.63) is 59.8 Å². The third kappa shape index (κ3) is 4.67. The minimum Gasteiger partial charge on any atom is -0.353 e. The summed E-state index contributed by atoms with van der Waals surface area (Å²) in [6, 6.07) is 16.8. The number of anilines is 1. The number of carbonyl (C=O) groups excluding carboxylic acids is 1. The van der Waals surface area contributed by atoms with Gasteiger partial charge in [-0.1, -0.05) is 23.8 Å². The van der Waals surface area contributed by atoms with E-state index in [1.165, 1.54) is 22.1 Å². The van der Waals surface area contributed by atoms with Crippen LogP contribution in [0.5, 0.6) is 0 Å². The summed E-state index contributed by atoms with van der Waals surface area (Å²) in [7, 11) is 0. The maximum atomic E-state index is 13.2. The Morgan fingerprint density at radius 2 is 1.94 bits per heavy atom. The van der Waals surface area contributed by atoms with E-state index >= 15 is 0 Å². The van der Waals surface area contributed by atoms with Crippen molar-refractivity contribution in [2.75, 3.05) is 50.7 Å². The average Bonchev–Trinajstić information content (AvgIpc) is 3.52. The third-order valence-electron chi connectivity index (χ3n) is 7.70. The number of fused-ring (bicyclic) bond motifs is 2. The second-order valence-electron chi connectivity index (χ2n) is 10.2. The van der Waals surface area contributed by atoms with Gasteiger partial charge < -0.3 is 14.8 Å². The van der Waals surface area contributed by atoms with Crippen molar-refractivity contribution in [2.45, 2.75) is 26.2 Å². The van der Waals surface area contributed by atoms with Crippen LogP contribution < -0.4 is 4.90 Å². The fourth-order valence-electron chi connectivity index (χ4n) is 5.67. The number of aromatic nitrogens is 2. The second-order valence-corrected chi connectivity index (χ2v) is 11.0. The number of hydrogen-bond donors (Lipinski definition) is 1. The molecule has 2 fully saturated rings. The van der Waals surface area contributed by atoms with E-state index in [1.807, 2.05) is 6.07 Å². The van der Waals surface area contributed by atoms with Crippen LogP contribution in [0.4, 0.5) is 5.82 Å². The summed E-state index contributed by atoms with van der Waals surface area (Å²) in [6.45, 7) is 9.16. The molecule has 0 saturated carbocycles. The van der Waals surface area contributed by atoms with Gasteiger partial charge in [-0.3, -0.25) is 9.69 Å². The normalized spacial score (nSPS) is 19.6. The van der Waals surface area contributed by atoms with Crippen LogP contribution in [0.3, 0.4) is 0 Å². The number of aromatic amines is 1. The maximum Gasteiger partial charge on any atom is 0.270 e. The van der Waals surface area contributed by atoms with E-state index in [-0.39, 0.29) is 5.91 Å². The molecule has 2 saturated heterocycles. The number of aryl methyl sites for hydroxylation is 1. The highest BCUT2D eigenvalue weighted by Crippen LogP contribution is 2.30. The largest absolute Gasteiger partial charge is 0.353 e. The number of piperazine rings is 1. The smallest absolute Gasteiger partial charge is 0.270 e. The molecule has 182 valence electrons. The van der Waals surface area contributed by atoms with E-state index in [0.717, 1.165) is 81.1 Å². The molecular weight excluding hydrogens is 454 g/mol. The molecule has 0 bridgehead atoms. The number of rotatable bonds is 5. The summed E-state index contributed by atoms with van der Waals surface area (Å²) >= 11 is 1.60. The number of hydrogen-bond acceptors (Lipinski definition) is 5. The van der Waals surface area contributed by atoms with Gasteiger partial charge in [-0.2, -0.15) is 4.37 Å². The van der Waals surface area contributed by atoms with Crippen molar-refractivity contribution < 1.29 is 4.79 Å². The zero-order valence-electron chi connectivity index (χ0n) is 20.4. The predicted molar refractivity (Wildman–Crippen MR) is 145 cm³/mol. The van der Waals surface area contributed by atoms with Gasteiger partial charge >= 0.3 is 0 Å². The number of benzene rings is 2. The van der Waals surface area contributed by atoms with E-state index in [0.29, 0.717) is 5.92 Å². The van der Waals surface area contributed by atoms with Crippen LogP contribution in [-0.2, 0) is 0 Å². The van der Waals surface area contributed by atoms with E-state index in [9.17, 15) is 4.79 Å². The van der Waals surface area contributed by atoms with Gasteiger partial charge in [0.2, 0.25) is 0 Å². The molecule has 1 amide bonds. The number of nitrogens with zero attached hydrogens (tertiary/aromatic N) is 4. The van der Waals surface area contributed by atoms with Crippen LogP contribution in [0, 0.1) is 12.8 Å². The van der Waals surface area contributed by atoms with Crippen molar-refractivity contribution in [3.8, 4) is 0 Å². The second kappa shape index (κ2) is 9.63. The lowest BCUT2D eigenvalue weighted by atomic mass is 9.94. The van der Waals surface area contributed by atoms with Gasteiger partial charge in [-0.05, 0) is 80.5 Å². The molecule has 4 heterocycles. The van der Waals surface area contributed by atoms with Crippen molar-refractivity contribution in [1.29, 1.82) is 0 Å². The Kier molecular flexibility index (Phi) is 6.20. The van der Waals surface area contributed by atoms with Crippen LogP contribution in [0.15, 0.2) is 48.5 Å². The summed E-state index contributed by atoms with van der Waals surface area (Å²) in [5, 5.41) is 2.40. The Morgan fingerprint density at radius 3 is 2.83 bits per heavy atom.